The molecule has 4 fully saturated rings. The molecule has 186 valence electrons. The summed E-state index contributed by atoms with van der Waals surface area (Å²) in [4.78, 5) is 42.5. The summed E-state index contributed by atoms with van der Waals surface area (Å²) < 4.78 is 0. The van der Waals surface area contributed by atoms with Crippen LogP contribution in [0.1, 0.15) is 85.0 Å². The first kappa shape index (κ1) is 23.6. The van der Waals surface area contributed by atoms with Gasteiger partial charge < -0.3 is 9.94 Å². The smallest absolute Gasteiger partial charge is 0.408 e. The molecule has 4 aliphatic carbocycles. The minimum absolute atomic E-state index is 0.143. The maximum Gasteiger partial charge on any atom is 0.408 e. The summed E-state index contributed by atoms with van der Waals surface area (Å²) in [6.07, 6.45) is 10.5. The predicted octanol–water partition coefficient (Wildman–Crippen LogP) is 5.20. The molecular formula is C27H38N2O5. The van der Waals surface area contributed by atoms with Crippen LogP contribution < -0.4 is 0 Å². The number of ketones is 1. The SMILES string of the molecule is C/C(=N\OC(=O)C1CCCN1C(=O)O)[C@H]1CC[C@H]2[C@@H]3CCC4=CC(=O)CC[C@]4(C)[C@H]3CC[C@]12C. The van der Waals surface area contributed by atoms with Crippen LogP contribution in [0, 0.1) is 34.5 Å². The second-order valence-corrected chi connectivity index (χ2v) is 11.9. The van der Waals surface area contributed by atoms with E-state index >= 15 is 0 Å². The Morgan fingerprint density at radius 3 is 2.65 bits per heavy atom. The first-order chi connectivity index (χ1) is 16.1. The minimum Gasteiger partial charge on any atom is -0.465 e. The van der Waals surface area contributed by atoms with Gasteiger partial charge in [0.1, 0.15) is 6.04 Å². The number of allylic oxidation sites excluding steroid dienone is 1. The molecule has 1 amide bonds. The number of likely N-dealkylation sites (tertiary alicyclic amines) is 1. The number of hydrogen-bond donors (Lipinski definition) is 1. The third kappa shape index (κ3) is 3.61. The average Bonchev–Trinajstić information content (AvgIpc) is 3.42. The van der Waals surface area contributed by atoms with Crippen LogP contribution in [0.25, 0.3) is 0 Å². The van der Waals surface area contributed by atoms with Crippen LogP contribution >= 0.6 is 0 Å². The quantitative estimate of drug-likeness (QED) is 0.348. The first-order valence-corrected chi connectivity index (χ1v) is 13.1. The Kier molecular flexibility index (Phi) is 5.88. The number of carbonyl (C=O) groups excluding carboxylic acids is 2. The molecule has 0 aromatic carbocycles. The second kappa shape index (κ2) is 8.49. The highest BCUT2D eigenvalue weighted by Crippen LogP contribution is 2.66. The molecule has 3 saturated carbocycles. The number of hydrogen-bond acceptors (Lipinski definition) is 5. The Morgan fingerprint density at radius 1 is 1.09 bits per heavy atom. The van der Waals surface area contributed by atoms with E-state index in [2.05, 4.69) is 19.0 Å². The molecule has 1 unspecified atom stereocenters. The second-order valence-electron chi connectivity index (χ2n) is 11.9. The van der Waals surface area contributed by atoms with Crippen LogP contribution in [0.5, 0.6) is 0 Å². The lowest BCUT2D eigenvalue weighted by Crippen LogP contribution is -2.51. The van der Waals surface area contributed by atoms with E-state index in [1.165, 1.54) is 24.8 Å². The molecule has 7 nitrogen and oxygen atoms in total. The molecule has 34 heavy (non-hydrogen) atoms. The zero-order chi connectivity index (χ0) is 24.3. The molecule has 7 heteroatoms. The van der Waals surface area contributed by atoms with Crippen molar-refractivity contribution < 1.29 is 24.3 Å². The highest BCUT2D eigenvalue weighted by Gasteiger charge is 2.59. The Morgan fingerprint density at radius 2 is 1.88 bits per heavy atom. The molecule has 0 bridgehead atoms. The van der Waals surface area contributed by atoms with Gasteiger partial charge in [-0.1, -0.05) is 24.6 Å². The van der Waals surface area contributed by atoms with E-state index in [1.807, 2.05) is 13.0 Å². The van der Waals surface area contributed by atoms with E-state index in [-0.39, 0.29) is 16.7 Å². The van der Waals surface area contributed by atoms with Crippen molar-refractivity contribution in [1.82, 2.24) is 4.90 Å². The average molecular weight is 471 g/mol. The van der Waals surface area contributed by atoms with Crippen LogP contribution in [0.2, 0.25) is 0 Å². The zero-order valence-corrected chi connectivity index (χ0v) is 20.7. The van der Waals surface area contributed by atoms with E-state index in [9.17, 15) is 19.5 Å². The third-order valence-corrected chi connectivity index (χ3v) is 10.5. The summed E-state index contributed by atoms with van der Waals surface area (Å²) in [7, 11) is 0. The molecule has 7 atom stereocenters. The van der Waals surface area contributed by atoms with Crippen LogP contribution in [0.3, 0.4) is 0 Å². The Bertz CT molecular complexity index is 957. The molecule has 0 aromatic rings. The summed E-state index contributed by atoms with van der Waals surface area (Å²) in [6.45, 7) is 7.16. The summed E-state index contributed by atoms with van der Waals surface area (Å²) in [6, 6.07) is -0.746. The maximum absolute atomic E-state index is 12.6. The van der Waals surface area contributed by atoms with Gasteiger partial charge >= 0.3 is 12.1 Å². The molecule has 0 radical (unpaired) electrons. The number of amides is 1. The van der Waals surface area contributed by atoms with E-state index in [0.717, 1.165) is 36.3 Å². The van der Waals surface area contributed by atoms with Crippen molar-refractivity contribution in [2.75, 3.05) is 6.54 Å². The molecule has 0 aromatic heterocycles. The van der Waals surface area contributed by atoms with Crippen LogP contribution in [0.15, 0.2) is 16.8 Å². The minimum atomic E-state index is -1.08. The van der Waals surface area contributed by atoms with Crippen molar-refractivity contribution in [3.8, 4) is 0 Å². The molecule has 1 aliphatic heterocycles. The fraction of sp³-hybridized carbons (Fsp3) is 0.778. The highest BCUT2D eigenvalue weighted by molar-refractivity contribution is 5.91. The first-order valence-electron chi connectivity index (χ1n) is 13.1. The molecule has 1 N–H and O–H groups in total. The summed E-state index contributed by atoms with van der Waals surface area (Å²) in [5, 5.41) is 13.6. The maximum atomic E-state index is 12.6. The number of carbonyl (C=O) groups is 3. The number of carboxylic acid groups (broad SMARTS) is 1. The third-order valence-electron chi connectivity index (χ3n) is 10.5. The van der Waals surface area contributed by atoms with Gasteiger partial charge in [0.2, 0.25) is 0 Å². The van der Waals surface area contributed by atoms with Gasteiger partial charge in [0.25, 0.3) is 0 Å². The van der Waals surface area contributed by atoms with Gasteiger partial charge in [-0.05, 0) is 99.4 Å². The normalized spacial score (nSPS) is 41.9. The topological polar surface area (TPSA) is 96.3 Å². The number of rotatable bonds is 3. The number of fused-ring (bicyclic) bond motifs is 5. The largest absolute Gasteiger partial charge is 0.465 e. The van der Waals surface area contributed by atoms with Crippen molar-refractivity contribution in [3.05, 3.63) is 11.6 Å². The van der Waals surface area contributed by atoms with E-state index in [4.69, 9.17) is 4.84 Å². The molecule has 1 heterocycles. The zero-order valence-electron chi connectivity index (χ0n) is 20.7. The molecule has 1 saturated heterocycles. The van der Waals surface area contributed by atoms with E-state index in [1.54, 1.807) is 0 Å². The van der Waals surface area contributed by atoms with Crippen molar-refractivity contribution in [2.45, 2.75) is 91.0 Å². The summed E-state index contributed by atoms with van der Waals surface area (Å²) in [5.41, 5.74) is 2.58. The van der Waals surface area contributed by atoms with E-state index < -0.39 is 18.1 Å². The van der Waals surface area contributed by atoms with Gasteiger partial charge in [0.15, 0.2) is 5.78 Å². The van der Waals surface area contributed by atoms with Gasteiger partial charge in [-0.3, -0.25) is 9.69 Å². The monoisotopic (exact) mass is 470 g/mol. The van der Waals surface area contributed by atoms with Gasteiger partial charge in [-0.2, -0.15) is 0 Å². The molecule has 5 aliphatic rings. The lowest BCUT2D eigenvalue weighted by atomic mass is 9.46. The number of oxime groups is 1. The molecule has 5 rings (SSSR count). The van der Waals surface area contributed by atoms with Gasteiger partial charge in [0, 0.05) is 18.9 Å². The fourth-order valence-corrected chi connectivity index (χ4v) is 8.73. The van der Waals surface area contributed by atoms with Crippen LogP contribution in [0.4, 0.5) is 4.79 Å². The fourth-order valence-electron chi connectivity index (χ4n) is 8.73. The molecule has 0 spiro atoms. The Balaban J connectivity index is 1.30. The van der Waals surface area contributed by atoms with Crippen molar-refractivity contribution in [1.29, 1.82) is 0 Å². The van der Waals surface area contributed by atoms with Crippen molar-refractivity contribution >= 4 is 23.6 Å². The van der Waals surface area contributed by atoms with Crippen molar-refractivity contribution in [3.63, 3.8) is 0 Å². The van der Waals surface area contributed by atoms with E-state index in [0.29, 0.717) is 49.3 Å². The Hall–Kier alpha value is -2.18. The van der Waals surface area contributed by atoms with Gasteiger partial charge in [0.05, 0.1) is 5.71 Å². The lowest BCUT2D eigenvalue weighted by molar-refractivity contribution is -0.148. The molecular weight excluding hydrogens is 432 g/mol. The van der Waals surface area contributed by atoms with Gasteiger partial charge in [-0.25, -0.2) is 9.59 Å². The summed E-state index contributed by atoms with van der Waals surface area (Å²) >= 11 is 0. The predicted molar refractivity (Wildman–Crippen MR) is 127 cm³/mol. The number of nitrogens with zero attached hydrogens (tertiary/aromatic N) is 2. The summed E-state index contributed by atoms with van der Waals surface area (Å²) in [5.74, 6) is 1.98. The van der Waals surface area contributed by atoms with Crippen LogP contribution in [-0.2, 0) is 14.4 Å². The van der Waals surface area contributed by atoms with Gasteiger partial charge in [-0.15, -0.1) is 0 Å². The lowest BCUT2D eigenvalue weighted by Gasteiger charge is -2.58. The standard InChI is InChI=1S/C27H38N2O5/c1-16(28-34-24(31)23-5-4-14-29(23)25(32)33)20-8-9-21-19-7-6-17-15-18(30)10-12-26(17,2)22(19)11-13-27(20,21)3/h15,19-23H,4-14H2,1-3H3,(H,32,33)/b28-16+/t19-,20+,21-,22-,23?,26-,27+/m0/s1. The highest BCUT2D eigenvalue weighted by atomic mass is 16.7. The Labute approximate surface area is 202 Å². The van der Waals surface area contributed by atoms with Crippen molar-refractivity contribution in [2.24, 2.45) is 39.7 Å². The van der Waals surface area contributed by atoms with Crippen LogP contribution in [-0.4, -0.2) is 46.2 Å².